The molecule has 1 aliphatic rings. The average Bonchev–Trinajstić information content (AvgIpc) is 2.26. The molecule has 0 spiro atoms. The largest absolute Gasteiger partial charge is 0.383 e. The first-order valence-corrected chi connectivity index (χ1v) is 5.78. The van der Waals surface area contributed by atoms with Gasteiger partial charge in [-0.1, -0.05) is 0 Å². The first-order chi connectivity index (χ1) is 7.19. The van der Waals surface area contributed by atoms with Crippen LogP contribution in [-0.4, -0.2) is 69.3 Å². The second-order valence-corrected chi connectivity index (χ2v) is 4.54. The lowest BCUT2D eigenvalue weighted by molar-refractivity contribution is 0.0593. The maximum Gasteiger partial charge on any atom is 0.0630 e. The summed E-state index contributed by atoms with van der Waals surface area (Å²) in [5.74, 6) is 0. The fourth-order valence-corrected chi connectivity index (χ4v) is 2.24. The molecule has 4 heteroatoms. The normalized spacial score (nSPS) is 22.2. The van der Waals surface area contributed by atoms with Gasteiger partial charge in [0.05, 0.1) is 6.61 Å². The zero-order valence-corrected chi connectivity index (χ0v) is 10.3. The zero-order chi connectivity index (χ0) is 11.3. The molecular weight excluding hydrogens is 190 g/mol. The van der Waals surface area contributed by atoms with Gasteiger partial charge in [0.15, 0.2) is 0 Å². The van der Waals surface area contributed by atoms with Crippen LogP contribution in [0.4, 0.5) is 0 Å². The van der Waals surface area contributed by atoms with E-state index in [0.29, 0.717) is 18.6 Å². The molecule has 1 atom stereocenters. The molecule has 1 aliphatic heterocycles. The first-order valence-electron chi connectivity index (χ1n) is 5.78. The quantitative estimate of drug-likeness (QED) is 0.700. The van der Waals surface area contributed by atoms with Gasteiger partial charge in [0, 0.05) is 25.7 Å². The number of nitrogens with zero attached hydrogens (tertiary/aromatic N) is 2. The topological polar surface area (TPSA) is 41.7 Å². The second kappa shape index (κ2) is 6.43. The molecular formula is C11H25N3O. The Hall–Kier alpha value is -0.160. The molecule has 1 unspecified atom stereocenters. The molecule has 1 rings (SSSR count). The van der Waals surface area contributed by atoms with E-state index in [2.05, 4.69) is 23.9 Å². The Morgan fingerprint density at radius 3 is 2.53 bits per heavy atom. The van der Waals surface area contributed by atoms with Gasteiger partial charge in [-0.15, -0.1) is 0 Å². The summed E-state index contributed by atoms with van der Waals surface area (Å²) < 4.78 is 5.20. The van der Waals surface area contributed by atoms with Crippen molar-refractivity contribution in [3.8, 4) is 0 Å². The third kappa shape index (κ3) is 3.72. The standard InChI is InChI=1S/C11H25N3O/c1-13-6-4-10(5-7-13)14(2)11(8-12)9-15-3/h10-11H,4-9,12H2,1-3H3. The maximum absolute atomic E-state index is 5.76. The third-order valence-electron chi connectivity index (χ3n) is 3.47. The van der Waals surface area contributed by atoms with Gasteiger partial charge in [0.25, 0.3) is 0 Å². The van der Waals surface area contributed by atoms with Crippen molar-refractivity contribution in [2.45, 2.75) is 24.9 Å². The van der Waals surface area contributed by atoms with Crippen LogP contribution in [0, 0.1) is 0 Å². The van der Waals surface area contributed by atoms with Gasteiger partial charge in [0.1, 0.15) is 0 Å². The summed E-state index contributed by atoms with van der Waals surface area (Å²) in [6.45, 7) is 3.80. The van der Waals surface area contributed by atoms with Crippen LogP contribution in [0.5, 0.6) is 0 Å². The number of ether oxygens (including phenoxy) is 1. The minimum atomic E-state index is 0.364. The van der Waals surface area contributed by atoms with Crippen molar-refractivity contribution in [2.24, 2.45) is 5.73 Å². The number of likely N-dealkylation sites (N-methyl/N-ethyl adjacent to an activating group) is 1. The van der Waals surface area contributed by atoms with E-state index in [4.69, 9.17) is 10.5 Å². The fraction of sp³-hybridized carbons (Fsp3) is 1.00. The zero-order valence-electron chi connectivity index (χ0n) is 10.3. The predicted octanol–water partition coefficient (Wildman–Crippen LogP) is -0.0139. The number of nitrogens with two attached hydrogens (primary N) is 1. The first kappa shape index (κ1) is 12.9. The van der Waals surface area contributed by atoms with Gasteiger partial charge in [-0.25, -0.2) is 0 Å². The minimum absolute atomic E-state index is 0.364. The molecule has 4 nitrogen and oxygen atoms in total. The third-order valence-corrected chi connectivity index (χ3v) is 3.47. The highest BCUT2D eigenvalue weighted by Crippen LogP contribution is 2.16. The molecule has 15 heavy (non-hydrogen) atoms. The molecule has 0 radical (unpaired) electrons. The highest BCUT2D eigenvalue weighted by Gasteiger charge is 2.24. The lowest BCUT2D eigenvalue weighted by Crippen LogP contribution is -2.50. The molecule has 90 valence electrons. The van der Waals surface area contributed by atoms with Gasteiger partial charge in [-0.05, 0) is 40.0 Å². The number of hydrogen-bond acceptors (Lipinski definition) is 4. The summed E-state index contributed by atoms with van der Waals surface area (Å²) in [4.78, 5) is 4.79. The Bertz CT molecular complexity index is 169. The van der Waals surface area contributed by atoms with Crippen LogP contribution in [-0.2, 0) is 4.74 Å². The summed E-state index contributed by atoms with van der Waals surface area (Å²) in [6.07, 6.45) is 2.49. The predicted molar refractivity (Wildman–Crippen MR) is 63.0 cm³/mol. The summed E-state index contributed by atoms with van der Waals surface area (Å²) in [5.41, 5.74) is 5.76. The van der Waals surface area contributed by atoms with Crippen LogP contribution in [0.25, 0.3) is 0 Å². The van der Waals surface area contributed by atoms with Gasteiger partial charge < -0.3 is 15.4 Å². The molecule has 1 heterocycles. The van der Waals surface area contributed by atoms with Crippen LogP contribution < -0.4 is 5.73 Å². The second-order valence-electron chi connectivity index (χ2n) is 4.54. The van der Waals surface area contributed by atoms with Crippen LogP contribution in [0.15, 0.2) is 0 Å². The molecule has 0 aromatic rings. The summed E-state index contributed by atoms with van der Waals surface area (Å²) >= 11 is 0. The van der Waals surface area contributed by atoms with E-state index in [-0.39, 0.29) is 0 Å². The van der Waals surface area contributed by atoms with Gasteiger partial charge in [-0.3, -0.25) is 4.90 Å². The Kier molecular flexibility index (Phi) is 5.53. The minimum Gasteiger partial charge on any atom is -0.383 e. The van der Waals surface area contributed by atoms with Crippen LogP contribution >= 0.6 is 0 Å². The van der Waals surface area contributed by atoms with Crippen LogP contribution in [0.2, 0.25) is 0 Å². The molecule has 0 aromatic heterocycles. The average molecular weight is 215 g/mol. The molecule has 0 bridgehead atoms. The van der Waals surface area contributed by atoms with Crippen LogP contribution in [0.3, 0.4) is 0 Å². The Morgan fingerprint density at radius 1 is 1.47 bits per heavy atom. The van der Waals surface area contributed by atoms with E-state index in [1.165, 1.54) is 25.9 Å². The molecule has 2 N–H and O–H groups in total. The Labute approximate surface area is 93.4 Å². The molecule has 0 saturated carbocycles. The lowest BCUT2D eigenvalue weighted by Gasteiger charge is -2.38. The Balaban J connectivity index is 2.40. The summed E-state index contributed by atoms with van der Waals surface area (Å²) in [6, 6.07) is 1.04. The number of likely N-dealkylation sites (tertiary alicyclic amines) is 1. The van der Waals surface area contributed by atoms with Crippen molar-refractivity contribution in [3.63, 3.8) is 0 Å². The van der Waals surface area contributed by atoms with Crippen molar-refractivity contribution in [2.75, 3.05) is 47.4 Å². The SMILES string of the molecule is COCC(CN)N(C)C1CCN(C)CC1. The van der Waals surface area contributed by atoms with E-state index in [1.54, 1.807) is 7.11 Å². The molecule has 0 amide bonds. The number of rotatable bonds is 5. The van der Waals surface area contributed by atoms with E-state index in [0.717, 1.165) is 6.61 Å². The fourth-order valence-electron chi connectivity index (χ4n) is 2.24. The smallest absolute Gasteiger partial charge is 0.0630 e. The lowest BCUT2D eigenvalue weighted by atomic mass is 10.0. The number of methoxy groups -OCH3 is 1. The Morgan fingerprint density at radius 2 is 2.07 bits per heavy atom. The summed E-state index contributed by atoms with van der Waals surface area (Å²) in [5, 5.41) is 0. The molecule has 0 aromatic carbocycles. The van der Waals surface area contributed by atoms with Gasteiger partial charge in [0.2, 0.25) is 0 Å². The van der Waals surface area contributed by atoms with Crippen LogP contribution in [0.1, 0.15) is 12.8 Å². The van der Waals surface area contributed by atoms with E-state index in [9.17, 15) is 0 Å². The van der Waals surface area contributed by atoms with Gasteiger partial charge >= 0.3 is 0 Å². The number of hydrogen-bond donors (Lipinski definition) is 1. The molecule has 1 fully saturated rings. The monoisotopic (exact) mass is 215 g/mol. The van der Waals surface area contributed by atoms with Crippen molar-refractivity contribution in [1.82, 2.24) is 9.80 Å². The number of piperidine rings is 1. The van der Waals surface area contributed by atoms with E-state index < -0.39 is 0 Å². The van der Waals surface area contributed by atoms with Crippen molar-refractivity contribution < 1.29 is 4.74 Å². The van der Waals surface area contributed by atoms with Gasteiger partial charge in [-0.2, -0.15) is 0 Å². The summed E-state index contributed by atoms with van der Waals surface area (Å²) in [7, 11) is 6.10. The van der Waals surface area contributed by atoms with Crippen molar-refractivity contribution in [3.05, 3.63) is 0 Å². The van der Waals surface area contributed by atoms with E-state index in [1.807, 2.05) is 0 Å². The van der Waals surface area contributed by atoms with Crippen molar-refractivity contribution in [1.29, 1.82) is 0 Å². The molecule has 0 aliphatic carbocycles. The highest BCUT2D eigenvalue weighted by atomic mass is 16.5. The molecule has 1 saturated heterocycles. The maximum atomic E-state index is 5.76. The van der Waals surface area contributed by atoms with Crippen molar-refractivity contribution >= 4 is 0 Å². The van der Waals surface area contributed by atoms with E-state index >= 15 is 0 Å². The highest BCUT2D eigenvalue weighted by molar-refractivity contribution is 4.81.